The van der Waals surface area contributed by atoms with E-state index >= 15 is 0 Å². The molecular formula is C29H24O6S. The lowest BCUT2D eigenvalue weighted by atomic mass is 9.88. The number of esters is 2. The molecule has 5 aliphatic rings. The molecule has 6 nitrogen and oxygen atoms in total. The van der Waals surface area contributed by atoms with Crippen LogP contribution in [-0.2, 0) is 19.1 Å². The number of carbonyl (C=O) groups is 3. The number of hydrogen-bond acceptors (Lipinski definition) is 6. The molecule has 3 fully saturated rings. The molecule has 2 bridgehead atoms. The van der Waals surface area contributed by atoms with E-state index in [4.69, 9.17) is 14.2 Å². The molecule has 36 heavy (non-hydrogen) atoms. The van der Waals surface area contributed by atoms with Gasteiger partial charge in [-0.1, -0.05) is 42.5 Å². The van der Waals surface area contributed by atoms with E-state index in [1.807, 2.05) is 66.8 Å². The van der Waals surface area contributed by atoms with Gasteiger partial charge in [-0.15, -0.1) is 10.5 Å². The summed E-state index contributed by atoms with van der Waals surface area (Å²) in [5, 5.41) is 0. The fourth-order valence-electron chi connectivity index (χ4n) is 6.41. The second kappa shape index (κ2) is 8.30. The zero-order valence-corrected chi connectivity index (χ0v) is 20.2. The van der Waals surface area contributed by atoms with Gasteiger partial charge in [0.15, 0.2) is 12.4 Å². The fraction of sp³-hybridized carbons (Fsp3) is 0.310. The molecule has 7 rings (SSSR count). The van der Waals surface area contributed by atoms with Gasteiger partial charge in [0.1, 0.15) is 18.0 Å². The molecule has 0 radical (unpaired) electrons. The molecule has 2 aromatic carbocycles. The first kappa shape index (κ1) is 21.8. The van der Waals surface area contributed by atoms with Gasteiger partial charge in [0.05, 0.1) is 11.8 Å². The number of fused-ring (bicyclic) bond motifs is 3. The second-order valence-electron chi connectivity index (χ2n) is 9.91. The third-order valence-electron chi connectivity index (χ3n) is 7.97. The summed E-state index contributed by atoms with van der Waals surface area (Å²) < 4.78 is 16.9. The standard InChI is InChI=1S/C29H24O6S/c30-25(34-27-16-13-21-22(14-16)29(32)35-28(21)27)15-33-17-9-11-18(12-10-17)36-23-7-3-1-5-19(23)26(31)20-6-2-4-8-24(20)36/h1-12,16,19,21-22,27-28H,13-15H2. The van der Waals surface area contributed by atoms with Crippen molar-refractivity contribution in [3.63, 3.8) is 0 Å². The highest BCUT2D eigenvalue weighted by Gasteiger charge is 2.63. The Balaban J connectivity index is 1.06. The molecule has 0 N–H and O–H groups in total. The molecule has 182 valence electrons. The van der Waals surface area contributed by atoms with E-state index < -0.39 is 5.97 Å². The highest BCUT2D eigenvalue weighted by atomic mass is 32.2. The number of carbonyl (C=O) groups excluding carboxylic acids is 3. The smallest absolute Gasteiger partial charge is 0.344 e. The molecule has 2 saturated carbocycles. The predicted octanol–water partition coefficient (Wildman–Crippen LogP) is 4.36. The van der Waals surface area contributed by atoms with Crippen LogP contribution in [0.15, 0.2) is 82.6 Å². The zero-order chi connectivity index (χ0) is 24.4. The Morgan fingerprint density at radius 2 is 1.86 bits per heavy atom. The SMILES string of the molecule is O=C(COc1ccc(S2=C3C=CC=CC3C(=O)c3ccccc32)cc1)OC1C2CC3C(=O)OC1C3C2. The summed E-state index contributed by atoms with van der Waals surface area (Å²) in [5.74, 6) is 0.279. The van der Waals surface area contributed by atoms with Crippen molar-refractivity contribution in [1.29, 1.82) is 0 Å². The molecule has 2 aromatic rings. The zero-order valence-electron chi connectivity index (χ0n) is 19.4. The summed E-state index contributed by atoms with van der Waals surface area (Å²) >= 11 is 0. The molecule has 1 saturated heterocycles. The number of Topliss-reactive ketones (excluding diaryl/α,β-unsaturated/α-hetero) is 1. The average molecular weight is 501 g/mol. The van der Waals surface area contributed by atoms with Crippen molar-refractivity contribution in [2.45, 2.75) is 34.8 Å². The Labute approximate surface area is 210 Å². The van der Waals surface area contributed by atoms with Gasteiger partial charge in [0, 0.05) is 27.2 Å². The van der Waals surface area contributed by atoms with Crippen molar-refractivity contribution < 1.29 is 28.6 Å². The summed E-state index contributed by atoms with van der Waals surface area (Å²) in [6.45, 7) is -0.201. The molecule has 7 heteroatoms. The number of ether oxygens (including phenoxy) is 3. The Bertz CT molecular complexity index is 1390. The maximum atomic E-state index is 13.1. The Kier molecular flexibility index (Phi) is 5.03. The van der Waals surface area contributed by atoms with E-state index in [0.717, 1.165) is 33.1 Å². The average Bonchev–Trinajstić information content (AvgIpc) is 3.54. The molecule has 3 aliphatic carbocycles. The normalized spacial score (nSPS) is 32.8. The van der Waals surface area contributed by atoms with Crippen LogP contribution in [0.2, 0.25) is 0 Å². The van der Waals surface area contributed by atoms with Gasteiger partial charge in [-0.05, 0) is 48.0 Å². The Morgan fingerprint density at radius 1 is 1.03 bits per heavy atom. The van der Waals surface area contributed by atoms with Gasteiger partial charge in [0.2, 0.25) is 0 Å². The van der Waals surface area contributed by atoms with Gasteiger partial charge in [0.25, 0.3) is 0 Å². The predicted molar refractivity (Wildman–Crippen MR) is 133 cm³/mol. The van der Waals surface area contributed by atoms with Crippen LogP contribution in [0, 0.1) is 23.7 Å². The lowest BCUT2D eigenvalue weighted by Gasteiger charge is -2.28. The minimum absolute atomic E-state index is 0.00626. The largest absolute Gasteiger partial charge is 0.482 e. The van der Waals surface area contributed by atoms with Crippen molar-refractivity contribution in [3.8, 4) is 5.75 Å². The third-order valence-corrected chi connectivity index (χ3v) is 10.4. The van der Waals surface area contributed by atoms with E-state index in [1.54, 1.807) is 0 Å². The van der Waals surface area contributed by atoms with Crippen LogP contribution in [-0.4, -0.2) is 41.4 Å². The van der Waals surface area contributed by atoms with E-state index in [1.165, 1.54) is 0 Å². The fourth-order valence-corrected chi connectivity index (χ4v) is 8.85. The molecule has 0 spiro atoms. The van der Waals surface area contributed by atoms with Gasteiger partial charge < -0.3 is 14.2 Å². The van der Waals surface area contributed by atoms with Crippen LogP contribution in [0.4, 0.5) is 0 Å². The minimum Gasteiger partial charge on any atom is -0.482 e. The third kappa shape index (κ3) is 3.33. The van der Waals surface area contributed by atoms with E-state index in [0.29, 0.717) is 5.75 Å². The molecule has 2 heterocycles. The van der Waals surface area contributed by atoms with Gasteiger partial charge in [-0.3, -0.25) is 9.59 Å². The minimum atomic E-state index is -0.449. The molecule has 0 amide bonds. The van der Waals surface area contributed by atoms with Crippen molar-refractivity contribution in [3.05, 3.63) is 78.4 Å². The van der Waals surface area contributed by atoms with Crippen LogP contribution in [0.3, 0.4) is 0 Å². The Hall–Kier alpha value is -3.45. The first-order valence-corrected chi connectivity index (χ1v) is 13.5. The summed E-state index contributed by atoms with van der Waals surface area (Å²) in [5.41, 5.74) is 0.775. The summed E-state index contributed by atoms with van der Waals surface area (Å²) in [7, 11) is -0.381. The quantitative estimate of drug-likeness (QED) is 0.449. The first-order chi connectivity index (χ1) is 17.6. The highest BCUT2D eigenvalue weighted by Crippen LogP contribution is 2.55. The summed E-state index contributed by atoms with van der Waals surface area (Å²) in [6, 6.07) is 15.5. The molecule has 7 atom stereocenters. The number of hydrogen-bond donors (Lipinski definition) is 0. The van der Waals surface area contributed by atoms with Crippen LogP contribution >= 0.6 is 10.5 Å². The van der Waals surface area contributed by atoms with Crippen molar-refractivity contribution in [2.75, 3.05) is 6.61 Å². The van der Waals surface area contributed by atoms with Crippen LogP contribution in [0.25, 0.3) is 0 Å². The van der Waals surface area contributed by atoms with E-state index in [9.17, 15) is 14.4 Å². The number of ketones is 1. The van der Waals surface area contributed by atoms with Crippen LogP contribution < -0.4 is 4.74 Å². The molecular weight excluding hydrogens is 476 g/mol. The highest BCUT2D eigenvalue weighted by molar-refractivity contribution is 8.16. The van der Waals surface area contributed by atoms with Gasteiger partial charge in [-0.2, -0.15) is 0 Å². The number of rotatable bonds is 5. The van der Waals surface area contributed by atoms with Crippen molar-refractivity contribution >= 4 is 33.1 Å². The molecule has 0 aromatic heterocycles. The summed E-state index contributed by atoms with van der Waals surface area (Å²) in [4.78, 5) is 40.7. The Morgan fingerprint density at radius 3 is 2.72 bits per heavy atom. The topological polar surface area (TPSA) is 78.9 Å². The van der Waals surface area contributed by atoms with Crippen LogP contribution in [0.5, 0.6) is 5.75 Å². The van der Waals surface area contributed by atoms with Gasteiger partial charge >= 0.3 is 11.9 Å². The van der Waals surface area contributed by atoms with E-state index in [-0.39, 0.29) is 64.7 Å². The second-order valence-corrected chi connectivity index (χ2v) is 11.9. The summed E-state index contributed by atoms with van der Waals surface area (Å²) in [6.07, 6.45) is 8.95. The van der Waals surface area contributed by atoms with Crippen LogP contribution in [0.1, 0.15) is 23.2 Å². The lowest BCUT2D eigenvalue weighted by molar-refractivity contribution is -0.163. The van der Waals surface area contributed by atoms with Crippen molar-refractivity contribution in [2.24, 2.45) is 23.7 Å². The van der Waals surface area contributed by atoms with E-state index in [2.05, 4.69) is 6.08 Å². The first-order valence-electron chi connectivity index (χ1n) is 12.3. The van der Waals surface area contributed by atoms with Crippen molar-refractivity contribution in [1.82, 2.24) is 0 Å². The van der Waals surface area contributed by atoms with Gasteiger partial charge in [-0.25, -0.2) is 4.79 Å². The molecule has 2 aliphatic heterocycles. The molecule has 7 unspecified atom stereocenters. The lowest BCUT2D eigenvalue weighted by Crippen LogP contribution is -2.37. The maximum Gasteiger partial charge on any atom is 0.344 e. The maximum absolute atomic E-state index is 13.1. The number of benzene rings is 2. The number of allylic oxidation sites excluding steroid dienone is 4. The monoisotopic (exact) mass is 500 g/mol.